The molecule has 0 fully saturated rings. The Bertz CT molecular complexity index is 1170. The molecule has 124 valence electrons. The van der Waals surface area contributed by atoms with Gasteiger partial charge in [0.1, 0.15) is 5.82 Å². The summed E-state index contributed by atoms with van der Waals surface area (Å²) in [6.07, 6.45) is 3.53. The minimum atomic E-state index is -2.48. The summed E-state index contributed by atoms with van der Waals surface area (Å²) in [6.45, 7) is 0. The maximum absolute atomic E-state index is 12.0. The van der Waals surface area contributed by atoms with Crippen molar-refractivity contribution < 1.29 is 8.42 Å². The molecule has 0 saturated heterocycles. The number of hydrogen-bond donors (Lipinski definition) is 2. The molecule has 1 unspecified atom stereocenters. The summed E-state index contributed by atoms with van der Waals surface area (Å²) in [5.74, 6) is -0.372. The van der Waals surface area contributed by atoms with Crippen LogP contribution in [0.1, 0.15) is 22.7 Å². The van der Waals surface area contributed by atoms with Gasteiger partial charge in [-0.15, -0.1) is 0 Å². The lowest BCUT2D eigenvalue weighted by Gasteiger charge is -2.21. The summed E-state index contributed by atoms with van der Waals surface area (Å²) in [7, 11) is -2.48. The molecule has 7 heteroatoms. The third-order valence-electron chi connectivity index (χ3n) is 4.27. The molecule has 1 atom stereocenters. The van der Waals surface area contributed by atoms with Crippen molar-refractivity contribution in [2.75, 3.05) is 11.5 Å². The first-order valence-electron chi connectivity index (χ1n) is 7.61. The summed E-state index contributed by atoms with van der Waals surface area (Å²) in [5, 5.41) is 2.13. The van der Waals surface area contributed by atoms with E-state index in [1.807, 2.05) is 42.5 Å². The van der Waals surface area contributed by atoms with Gasteiger partial charge >= 0.3 is 0 Å². The number of allylic oxidation sites excluding steroid dienone is 1. The molecule has 0 saturated carbocycles. The van der Waals surface area contributed by atoms with Gasteiger partial charge in [-0.2, -0.15) is 13.4 Å². The van der Waals surface area contributed by atoms with E-state index < -0.39 is 16.2 Å². The van der Waals surface area contributed by atoms with Crippen molar-refractivity contribution in [3.63, 3.8) is 0 Å². The van der Waals surface area contributed by atoms with Crippen LogP contribution in [0.2, 0.25) is 0 Å². The molecule has 0 radical (unpaired) electrons. The quantitative estimate of drug-likeness (QED) is 0.649. The smallest absolute Gasteiger partial charge is 0.222 e. The molecule has 1 aliphatic carbocycles. The Hall–Kier alpha value is -3.19. The van der Waals surface area contributed by atoms with E-state index in [0.29, 0.717) is 11.3 Å². The van der Waals surface area contributed by atoms with E-state index in [9.17, 15) is 8.42 Å². The average Bonchev–Trinajstić information content (AvgIpc) is 2.60. The normalized spacial score (nSPS) is 16.0. The molecule has 0 bridgehead atoms. The maximum Gasteiger partial charge on any atom is 0.222 e. The second kappa shape index (κ2) is 5.71. The van der Waals surface area contributed by atoms with Gasteiger partial charge < -0.3 is 11.5 Å². The Kier molecular flexibility index (Phi) is 3.51. The molecule has 6 nitrogen and oxygen atoms in total. The van der Waals surface area contributed by atoms with E-state index in [2.05, 4.69) is 9.97 Å². The first-order valence-corrected chi connectivity index (χ1v) is 8.68. The van der Waals surface area contributed by atoms with Crippen molar-refractivity contribution in [3.05, 3.63) is 65.4 Å². The fourth-order valence-electron chi connectivity index (χ4n) is 3.17. The van der Waals surface area contributed by atoms with Gasteiger partial charge in [0.05, 0.1) is 16.1 Å². The number of rotatable bonds is 1. The van der Waals surface area contributed by atoms with Crippen LogP contribution < -0.4 is 11.5 Å². The number of nitrogens with zero attached hydrogens (tertiary/aromatic N) is 2. The lowest BCUT2D eigenvalue weighted by molar-refractivity contribution is 0.626. The molecule has 1 heterocycles. The maximum atomic E-state index is 12.0. The van der Waals surface area contributed by atoms with E-state index in [1.54, 1.807) is 12.2 Å². The van der Waals surface area contributed by atoms with Gasteiger partial charge in [-0.25, -0.2) is 4.98 Å². The highest BCUT2D eigenvalue weighted by molar-refractivity contribution is 7.73. The van der Waals surface area contributed by atoms with Crippen LogP contribution in [0.25, 0.3) is 16.8 Å². The number of benzene rings is 2. The standard InChI is InChI=1S/C18H14N4O2S/c19-17-15-14(21-18(20)22-17)8-7-13(16(15)25(23)24)12-6-5-10-3-1-2-4-11(10)9-12/h1-9,13H,(H4,19,20,21,22). The minimum absolute atomic E-state index is 0.0149. The monoisotopic (exact) mass is 350 g/mol. The Balaban J connectivity index is 1.95. The van der Waals surface area contributed by atoms with Gasteiger partial charge in [0.2, 0.25) is 16.2 Å². The number of hydrogen-bond acceptors (Lipinski definition) is 6. The number of fused-ring (bicyclic) bond motifs is 2. The molecule has 2 aromatic carbocycles. The van der Waals surface area contributed by atoms with Gasteiger partial charge in [-0.3, -0.25) is 0 Å². The van der Waals surface area contributed by atoms with Crippen LogP contribution in [-0.2, 0) is 10.3 Å². The summed E-state index contributed by atoms with van der Waals surface area (Å²) in [6, 6.07) is 13.8. The Morgan fingerprint density at radius 2 is 1.72 bits per heavy atom. The lowest BCUT2D eigenvalue weighted by atomic mass is 9.86. The van der Waals surface area contributed by atoms with Crippen LogP contribution >= 0.6 is 0 Å². The summed E-state index contributed by atoms with van der Waals surface area (Å²) in [5.41, 5.74) is 13.2. The second-order valence-electron chi connectivity index (χ2n) is 5.77. The molecular weight excluding hydrogens is 336 g/mol. The van der Waals surface area contributed by atoms with Crippen LogP contribution in [0.3, 0.4) is 0 Å². The Morgan fingerprint density at radius 1 is 0.960 bits per heavy atom. The van der Waals surface area contributed by atoms with E-state index in [0.717, 1.165) is 16.3 Å². The highest BCUT2D eigenvalue weighted by Gasteiger charge is 2.28. The van der Waals surface area contributed by atoms with E-state index >= 15 is 0 Å². The van der Waals surface area contributed by atoms with E-state index in [4.69, 9.17) is 11.5 Å². The van der Waals surface area contributed by atoms with Crippen LogP contribution in [-0.4, -0.2) is 23.3 Å². The van der Waals surface area contributed by atoms with Gasteiger partial charge in [-0.05, 0) is 22.4 Å². The molecule has 3 aromatic rings. The fraction of sp³-hybridized carbons (Fsp3) is 0.0556. The third kappa shape index (κ3) is 2.54. The van der Waals surface area contributed by atoms with Crippen LogP contribution in [0.15, 0.2) is 48.5 Å². The van der Waals surface area contributed by atoms with Crippen LogP contribution in [0.4, 0.5) is 11.8 Å². The zero-order chi connectivity index (χ0) is 17.6. The van der Waals surface area contributed by atoms with Gasteiger partial charge in [0, 0.05) is 5.92 Å². The summed E-state index contributed by atoms with van der Waals surface area (Å²) < 4.78 is 24.0. The lowest BCUT2D eigenvalue weighted by Crippen LogP contribution is -2.22. The number of anilines is 2. The zero-order valence-corrected chi connectivity index (χ0v) is 13.9. The van der Waals surface area contributed by atoms with E-state index in [-0.39, 0.29) is 16.6 Å². The Morgan fingerprint density at radius 3 is 2.48 bits per heavy atom. The predicted octanol–water partition coefficient (Wildman–Crippen LogP) is 2.00. The summed E-state index contributed by atoms with van der Waals surface area (Å²) >= 11 is 0. The highest BCUT2D eigenvalue weighted by Crippen LogP contribution is 2.33. The second-order valence-corrected chi connectivity index (χ2v) is 6.68. The van der Waals surface area contributed by atoms with Gasteiger partial charge in [0.25, 0.3) is 0 Å². The largest absolute Gasteiger partial charge is 0.383 e. The Labute approximate surface area is 145 Å². The first-order chi connectivity index (χ1) is 12.0. The fourth-order valence-corrected chi connectivity index (χ4v) is 3.97. The summed E-state index contributed by atoms with van der Waals surface area (Å²) in [4.78, 5) is 8.16. The number of nitrogens with two attached hydrogens (primary N) is 2. The van der Waals surface area contributed by atoms with Crippen molar-refractivity contribution in [1.29, 1.82) is 0 Å². The number of aromatic nitrogens is 2. The minimum Gasteiger partial charge on any atom is -0.383 e. The molecule has 4 rings (SSSR count). The van der Waals surface area contributed by atoms with Crippen molar-refractivity contribution in [2.24, 2.45) is 0 Å². The molecular formula is C18H14N4O2S. The van der Waals surface area contributed by atoms with Crippen molar-refractivity contribution in [3.8, 4) is 0 Å². The molecule has 0 amide bonds. The van der Waals surface area contributed by atoms with Crippen molar-refractivity contribution >= 4 is 43.8 Å². The predicted molar refractivity (Wildman–Crippen MR) is 99.6 cm³/mol. The van der Waals surface area contributed by atoms with Crippen molar-refractivity contribution in [1.82, 2.24) is 9.97 Å². The average molecular weight is 350 g/mol. The molecule has 1 aromatic heterocycles. The van der Waals surface area contributed by atoms with Crippen LogP contribution in [0, 0.1) is 0 Å². The molecule has 25 heavy (non-hydrogen) atoms. The van der Waals surface area contributed by atoms with Gasteiger partial charge in [0.15, 0.2) is 0 Å². The van der Waals surface area contributed by atoms with E-state index in [1.165, 1.54) is 0 Å². The van der Waals surface area contributed by atoms with Crippen LogP contribution in [0.5, 0.6) is 0 Å². The zero-order valence-electron chi connectivity index (χ0n) is 13.0. The molecule has 4 N–H and O–H groups in total. The van der Waals surface area contributed by atoms with Gasteiger partial charge in [-0.1, -0.05) is 48.5 Å². The molecule has 0 spiro atoms. The SMILES string of the molecule is Nc1nc(N)c2c(n1)C=CC(c1ccc3ccccc3c1)C2=S(=O)=O. The number of nitrogen functional groups attached to an aromatic ring is 2. The third-order valence-corrected chi connectivity index (χ3v) is 5.09. The highest BCUT2D eigenvalue weighted by atomic mass is 32.2. The molecule has 0 aliphatic heterocycles. The van der Waals surface area contributed by atoms with Crippen molar-refractivity contribution in [2.45, 2.75) is 5.92 Å². The molecule has 1 aliphatic rings. The topological polar surface area (TPSA) is 112 Å². The first kappa shape index (κ1) is 15.3.